The summed E-state index contributed by atoms with van der Waals surface area (Å²) in [6, 6.07) is 16.6. The Morgan fingerprint density at radius 3 is 2.56 bits per heavy atom. The predicted octanol–water partition coefficient (Wildman–Crippen LogP) is 2.86. The van der Waals surface area contributed by atoms with Gasteiger partial charge in [0.1, 0.15) is 0 Å². The average Bonchev–Trinajstić information content (AvgIpc) is 2.70. The Kier molecular flexibility index (Phi) is 7.36. The number of hydrogen-bond acceptors (Lipinski definition) is 4. The number of amides is 1. The van der Waals surface area contributed by atoms with Gasteiger partial charge in [-0.15, -0.1) is 0 Å². The highest BCUT2D eigenvalue weighted by Gasteiger charge is 2.22. The maximum absolute atomic E-state index is 12.5. The van der Waals surface area contributed by atoms with Gasteiger partial charge < -0.3 is 5.32 Å². The first-order chi connectivity index (χ1) is 13.2. The second-order valence-corrected chi connectivity index (χ2v) is 7.32. The van der Waals surface area contributed by atoms with E-state index in [1.54, 1.807) is 6.20 Å². The third kappa shape index (κ3) is 6.15. The molecule has 0 saturated carbocycles. The Balaban J connectivity index is 1.53. The highest BCUT2D eigenvalue weighted by molar-refractivity contribution is 5.78. The van der Waals surface area contributed by atoms with E-state index in [4.69, 9.17) is 0 Å². The van der Waals surface area contributed by atoms with Gasteiger partial charge in [0.05, 0.1) is 18.3 Å². The van der Waals surface area contributed by atoms with Crippen LogP contribution in [0.25, 0.3) is 0 Å². The molecule has 1 saturated heterocycles. The summed E-state index contributed by atoms with van der Waals surface area (Å²) < 4.78 is 0. The molecule has 0 aliphatic carbocycles. The molecular formula is C22H30N4O. The molecule has 1 aromatic heterocycles. The van der Waals surface area contributed by atoms with Crippen molar-refractivity contribution in [1.29, 1.82) is 0 Å². The molecule has 1 amide bonds. The van der Waals surface area contributed by atoms with Crippen molar-refractivity contribution in [1.82, 2.24) is 20.1 Å². The van der Waals surface area contributed by atoms with Crippen LogP contribution in [0.3, 0.4) is 0 Å². The van der Waals surface area contributed by atoms with E-state index in [-0.39, 0.29) is 11.9 Å². The summed E-state index contributed by atoms with van der Waals surface area (Å²) in [7, 11) is 1.95. The van der Waals surface area contributed by atoms with E-state index in [1.165, 1.54) is 24.8 Å². The van der Waals surface area contributed by atoms with Crippen LogP contribution in [-0.4, -0.2) is 53.9 Å². The van der Waals surface area contributed by atoms with Crippen molar-refractivity contribution in [2.45, 2.75) is 31.8 Å². The van der Waals surface area contributed by atoms with Gasteiger partial charge in [0.15, 0.2) is 0 Å². The molecule has 1 N–H and O–H groups in total. The second kappa shape index (κ2) is 10.2. The zero-order chi connectivity index (χ0) is 18.9. The van der Waals surface area contributed by atoms with Gasteiger partial charge in [0.2, 0.25) is 5.91 Å². The van der Waals surface area contributed by atoms with Crippen LogP contribution in [0.15, 0.2) is 54.7 Å². The molecular weight excluding hydrogens is 336 g/mol. The molecule has 3 rings (SSSR count). The summed E-state index contributed by atoms with van der Waals surface area (Å²) in [4.78, 5) is 21.3. The molecule has 0 radical (unpaired) electrons. The second-order valence-electron chi connectivity index (χ2n) is 7.32. The van der Waals surface area contributed by atoms with Gasteiger partial charge >= 0.3 is 0 Å². The van der Waals surface area contributed by atoms with Crippen LogP contribution in [0.2, 0.25) is 0 Å². The number of benzene rings is 1. The normalized spacial score (nSPS) is 16.2. The Labute approximate surface area is 162 Å². The smallest absolute Gasteiger partial charge is 0.234 e. The van der Waals surface area contributed by atoms with E-state index in [0.717, 1.165) is 18.8 Å². The number of rotatable bonds is 8. The standard InChI is InChI=1S/C22H30N4O/c1-25(17-20-12-6-7-13-23-20)18-22(27)24-16-21(19-10-4-2-5-11-19)26-14-8-3-9-15-26/h2,4-7,10-13,21H,3,8-9,14-18H2,1H3,(H,24,27)/t21-/m0/s1. The van der Waals surface area contributed by atoms with Crippen molar-refractivity contribution < 1.29 is 4.79 Å². The number of aromatic nitrogens is 1. The predicted molar refractivity (Wildman–Crippen MR) is 108 cm³/mol. The molecule has 0 unspecified atom stereocenters. The minimum Gasteiger partial charge on any atom is -0.353 e. The maximum atomic E-state index is 12.5. The molecule has 2 aromatic rings. The number of carbonyl (C=O) groups excluding carboxylic acids is 1. The minimum atomic E-state index is 0.0615. The minimum absolute atomic E-state index is 0.0615. The zero-order valence-electron chi connectivity index (χ0n) is 16.2. The first-order valence-corrected chi connectivity index (χ1v) is 9.86. The Morgan fingerprint density at radius 2 is 1.85 bits per heavy atom. The Bertz CT molecular complexity index is 686. The number of piperidine rings is 1. The molecule has 1 fully saturated rings. The molecule has 0 bridgehead atoms. The first-order valence-electron chi connectivity index (χ1n) is 9.86. The van der Waals surface area contributed by atoms with Crippen molar-refractivity contribution in [2.75, 3.05) is 33.2 Å². The average molecular weight is 367 g/mol. The number of carbonyl (C=O) groups is 1. The quantitative estimate of drug-likeness (QED) is 0.780. The number of pyridine rings is 1. The van der Waals surface area contributed by atoms with Gasteiger partial charge in [-0.25, -0.2) is 0 Å². The summed E-state index contributed by atoms with van der Waals surface area (Å²) in [6.07, 6.45) is 5.57. The molecule has 5 heteroatoms. The lowest BCUT2D eigenvalue weighted by molar-refractivity contribution is -0.122. The van der Waals surface area contributed by atoms with Crippen LogP contribution in [0.1, 0.15) is 36.6 Å². The van der Waals surface area contributed by atoms with Crippen molar-refractivity contribution >= 4 is 5.91 Å². The lowest BCUT2D eigenvalue weighted by Crippen LogP contribution is -2.43. The van der Waals surface area contributed by atoms with Crippen molar-refractivity contribution in [3.8, 4) is 0 Å². The van der Waals surface area contributed by atoms with Gasteiger partial charge in [0, 0.05) is 19.3 Å². The third-order valence-electron chi connectivity index (χ3n) is 5.08. The van der Waals surface area contributed by atoms with E-state index >= 15 is 0 Å². The van der Waals surface area contributed by atoms with E-state index in [1.807, 2.05) is 36.2 Å². The van der Waals surface area contributed by atoms with Gasteiger partial charge in [-0.2, -0.15) is 0 Å². The van der Waals surface area contributed by atoms with E-state index in [2.05, 4.69) is 39.5 Å². The molecule has 5 nitrogen and oxygen atoms in total. The van der Waals surface area contributed by atoms with E-state index in [9.17, 15) is 4.79 Å². The van der Waals surface area contributed by atoms with Gasteiger partial charge in [-0.1, -0.05) is 42.8 Å². The van der Waals surface area contributed by atoms with Gasteiger partial charge in [-0.3, -0.25) is 19.6 Å². The number of nitrogens with one attached hydrogen (secondary N) is 1. The van der Waals surface area contributed by atoms with Crippen molar-refractivity contribution in [3.63, 3.8) is 0 Å². The molecule has 2 heterocycles. The lowest BCUT2D eigenvalue weighted by atomic mass is 10.0. The molecule has 1 atom stereocenters. The fourth-order valence-corrected chi connectivity index (χ4v) is 3.70. The monoisotopic (exact) mass is 366 g/mol. The first kappa shape index (κ1) is 19.5. The maximum Gasteiger partial charge on any atom is 0.234 e. The summed E-state index contributed by atoms with van der Waals surface area (Å²) in [6.45, 7) is 3.91. The molecule has 144 valence electrons. The van der Waals surface area contributed by atoms with Crippen molar-refractivity contribution in [2.24, 2.45) is 0 Å². The van der Waals surface area contributed by atoms with Crippen LogP contribution in [0.5, 0.6) is 0 Å². The zero-order valence-corrected chi connectivity index (χ0v) is 16.2. The largest absolute Gasteiger partial charge is 0.353 e. The van der Waals surface area contributed by atoms with E-state index < -0.39 is 0 Å². The number of hydrogen-bond donors (Lipinski definition) is 1. The van der Waals surface area contributed by atoms with E-state index in [0.29, 0.717) is 19.6 Å². The molecule has 1 aromatic carbocycles. The lowest BCUT2D eigenvalue weighted by Gasteiger charge is -2.35. The summed E-state index contributed by atoms with van der Waals surface area (Å²) in [5.74, 6) is 0.0615. The van der Waals surface area contributed by atoms with Gasteiger partial charge in [0.25, 0.3) is 0 Å². The van der Waals surface area contributed by atoms with Crippen LogP contribution in [0.4, 0.5) is 0 Å². The Morgan fingerprint density at radius 1 is 1.11 bits per heavy atom. The topological polar surface area (TPSA) is 48.5 Å². The molecule has 1 aliphatic heterocycles. The van der Waals surface area contributed by atoms with Crippen LogP contribution in [0, 0.1) is 0 Å². The SMILES string of the molecule is CN(CC(=O)NC[C@@H](c1ccccc1)N1CCCCC1)Cc1ccccn1. The molecule has 0 spiro atoms. The molecule has 27 heavy (non-hydrogen) atoms. The number of likely N-dealkylation sites (tertiary alicyclic amines) is 1. The van der Waals surface area contributed by atoms with Crippen LogP contribution in [-0.2, 0) is 11.3 Å². The fraction of sp³-hybridized carbons (Fsp3) is 0.455. The van der Waals surface area contributed by atoms with Gasteiger partial charge in [-0.05, 0) is 50.7 Å². The summed E-state index contributed by atoms with van der Waals surface area (Å²) in [5, 5.41) is 3.15. The highest BCUT2D eigenvalue weighted by Crippen LogP contribution is 2.23. The van der Waals surface area contributed by atoms with Crippen molar-refractivity contribution in [3.05, 3.63) is 66.0 Å². The van der Waals surface area contributed by atoms with Crippen LogP contribution < -0.4 is 5.32 Å². The highest BCUT2D eigenvalue weighted by atomic mass is 16.2. The number of nitrogens with zero attached hydrogens (tertiary/aromatic N) is 3. The number of likely N-dealkylation sites (N-methyl/N-ethyl adjacent to an activating group) is 1. The summed E-state index contributed by atoms with van der Waals surface area (Å²) >= 11 is 0. The fourth-order valence-electron chi connectivity index (χ4n) is 3.70. The third-order valence-corrected chi connectivity index (χ3v) is 5.08. The van der Waals surface area contributed by atoms with Crippen LogP contribution >= 0.6 is 0 Å². The molecule has 1 aliphatic rings. The summed E-state index contributed by atoms with van der Waals surface area (Å²) in [5.41, 5.74) is 2.25. The Hall–Kier alpha value is -2.24.